The molecule has 0 radical (unpaired) electrons. The molecule has 0 aliphatic carbocycles. The van der Waals surface area contributed by atoms with Gasteiger partial charge in [0, 0.05) is 30.1 Å². The Labute approximate surface area is 161 Å². The molecule has 8 heteroatoms. The maximum atomic E-state index is 13.8. The van der Waals surface area contributed by atoms with Crippen molar-refractivity contribution < 1.29 is 18.4 Å². The lowest BCUT2D eigenvalue weighted by Crippen LogP contribution is -2.30. The molecule has 0 aromatic carbocycles. The van der Waals surface area contributed by atoms with E-state index in [2.05, 4.69) is 20.4 Å². The molecular formula is C20H21FN4O3. The molecule has 3 rings (SSSR count). The van der Waals surface area contributed by atoms with Crippen molar-refractivity contribution in [2.75, 3.05) is 0 Å². The van der Waals surface area contributed by atoms with Crippen LogP contribution in [0, 0.1) is 19.7 Å². The lowest BCUT2D eigenvalue weighted by atomic mass is 10.1. The van der Waals surface area contributed by atoms with Crippen molar-refractivity contribution in [3.05, 3.63) is 59.0 Å². The molecule has 1 amide bonds. The van der Waals surface area contributed by atoms with Crippen molar-refractivity contribution in [1.29, 1.82) is 0 Å². The molecule has 0 saturated carbocycles. The standard InChI is InChI=1S/C20H21FN4O3/c1-11(2)24-20(26)14-5-6-18(23-8-14)27-10-16-13(4)28-25-19(16)15-7-17(21)12(3)22-9-15/h5-9,11H,10H2,1-4H3,(H,24,26). The summed E-state index contributed by atoms with van der Waals surface area (Å²) < 4.78 is 24.8. The number of aromatic nitrogens is 3. The second kappa shape index (κ2) is 8.16. The third-order valence-corrected chi connectivity index (χ3v) is 4.07. The zero-order chi connectivity index (χ0) is 20.3. The van der Waals surface area contributed by atoms with Crippen LogP contribution >= 0.6 is 0 Å². The van der Waals surface area contributed by atoms with Gasteiger partial charge in [-0.05, 0) is 39.8 Å². The van der Waals surface area contributed by atoms with Crippen molar-refractivity contribution in [2.45, 2.75) is 40.3 Å². The van der Waals surface area contributed by atoms with Crippen molar-refractivity contribution in [1.82, 2.24) is 20.4 Å². The molecule has 3 aromatic heterocycles. The Morgan fingerprint density at radius 2 is 2.04 bits per heavy atom. The molecule has 0 atom stereocenters. The number of nitrogens with zero attached hydrogens (tertiary/aromatic N) is 3. The Morgan fingerprint density at radius 1 is 1.25 bits per heavy atom. The number of hydrogen-bond acceptors (Lipinski definition) is 6. The second-order valence-corrected chi connectivity index (χ2v) is 6.66. The largest absolute Gasteiger partial charge is 0.473 e. The van der Waals surface area contributed by atoms with Crippen molar-refractivity contribution in [3.63, 3.8) is 0 Å². The van der Waals surface area contributed by atoms with E-state index >= 15 is 0 Å². The predicted molar refractivity (Wildman–Crippen MR) is 100 cm³/mol. The molecule has 0 bridgehead atoms. The van der Waals surface area contributed by atoms with E-state index in [0.717, 1.165) is 0 Å². The van der Waals surface area contributed by atoms with Gasteiger partial charge in [0.25, 0.3) is 5.91 Å². The Hall–Kier alpha value is -3.29. The number of rotatable bonds is 6. The lowest BCUT2D eigenvalue weighted by Gasteiger charge is -2.09. The molecule has 28 heavy (non-hydrogen) atoms. The molecule has 0 unspecified atom stereocenters. The van der Waals surface area contributed by atoms with Crippen LogP contribution in [0.25, 0.3) is 11.3 Å². The van der Waals surface area contributed by atoms with Gasteiger partial charge < -0.3 is 14.6 Å². The third kappa shape index (κ3) is 4.33. The first-order chi connectivity index (χ1) is 13.3. The fourth-order valence-electron chi connectivity index (χ4n) is 2.52. The molecule has 3 heterocycles. The molecule has 3 aromatic rings. The highest BCUT2D eigenvalue weighted by molar-refractivity contribution is 5.94. The lowest BCUT2D eigenvalue weighted by molar-refractivity contribution is 0.0942. The molecule has 0 aliphatic heterocycles. The number of nitrogens with one attached hydrogen (secondary N) is 1. The first kappa shape index (κ1) is 19.5. The van der Waals surface area contributed by atoms with E-state index in [9.17, 15) is 9.18 Å². The minimum Gasteiger partial charge on any atom is -0.473 e. The van der Waals surface area contributed by atoms with Gasteiger partial charge in [-0.3, -0.25) is 9.78 Å². The van der Waals surface area contributed by atoms with Gasteiger partial charge >= 0.3 is 0 Å². The number of pyridine rings is 2. The Morgan fingerprint density at radius 3 is 2.68 bits per heavy atom. The highest BCUT2D eigenvalue weighted by Crippen LogP contribution is 2.27. The van der Waals surface area contributed by atoms with E-state index < -0.39 is 5.82 Å². The molecule has 0 spiro atoms. The minimum absolute atomic E-state index is 0.0412. The van der Waals surface area contributed by atoms with Crippen LogP contribution in [0.2, 0.25) is 0 Å². The maximum Gasteiger partial charge on any atom is 0.253 e. The van der Waals surface area contributed by atoms with E-state index in [0.29, 0.717) is 39.7 Å². The smallest absolute Gasteiger partial charge is 0.253 e. The summed E-state index contributed by atoms with van der Waals surface area (Å²) in [5.41, 5.74) is 2.41. The zero-order valence-corrected chi connectivity index (χ0v) is 16.1. The molecule has 146 valence electrons. The fourth-order valence-corrected chi connectivity index (χ4v) is 2.52. The molecule has 1 N–H and O–H groups in total. The van der Waals surface area contributed by atoms with Crippen LogP contribution in [0.5, 0.6) is 5.88 Å². The molecule has 0 saturated heterocycles. The summed E-state index contributed by atoms with van der Waals surface area (Å²) in [6.07, 6.45) is 2.99. The van der Waals surface area contributed by atoms with Crippen LogP contribution in [0.15, 0.2) is 35.1 Å². The normalized spacial score (nSPS) is 10.9. The summed E-state index contributed by atoms with van der Waals surface area (Å²) >= 11 is 0. The van der Waals surface area contributed by atoms with Gasteiger partial charge in [-0.25, -0.2) is 9.37 Å². The number of carbonyl (C=O) groups is 1. The van der Waals surface area contributed by atoms with Crippen molar-refractivity contribution in [2.24, 2.45) is 0 Å². The highest BCUT2D eigenvalue weighted by Gasteiger charge is 2.17. The van der Waals surface area contributed by atoms with Crippen molar-refractivity contribution >= 4 is 5.91 Å². The van der Waals surface area contributed by atoms with E-state index in [1.165, 1.54) is 12.3 Å². The van der Waals surface area contributed by atoms with Gasteiger partial charge in [0.15, 0.2) is 0 Å². The quantitative estimate of drug-likeness (QED) is 0.698. The Bertz CT molecular complexity index is 984. The van der Waals surface area contributed by atoms with E-state index in [1.807, 2.05) is 13.8 Å². The summed E-state index contributed by atoms with van der Waals surface area (Å²) in [5.74, 6) is 0.298. The monoisotopic (exact) mass is 384 g/mol. The second-order valence-electron chi connectivity index (χ2n) is 6.66. The number of aryl methyl sites for hydroxylation is 2. The minimum atomic E-state index is -0.415. The summed E-state index contributed by atoms with van der Waals surface area (Å²) in [4.78, 5) is 20.1. The number of amides is 1. The predicted octanol–water partition coefficient (Wildman–Crippen LogP) is 3.60. The number of ether oxygens (including phenoxy) is 1. The average molecular weight is 384 g/mol. The Kier molecular flexibility index (Phi) is 5.67. The zero-order valence-electron chi connectivity index (χ0n) is 16.1. The molecule has 0 fully saturated rings. The van der Waals surface area contributed by atoms with E-state index in [-0.39, 0.29) is 18.6 Å². The van der Waals surface area contributed by atoms with Crippen LogP contribution in [-0.4, -0.2) is 27.1 Å². The number of hydrogen-bond donors (Lipinski definition) is 1. The molecular weight excluding hydrogens is 363 g/mol. The summed E-state index contributed by atoms with van der Waals surface area (Å²) in [5, 5.41) is 6.80. The first-order valence-corrected chi connectivity index (χ1v) is 8.82. The summed E-state index contributed by atoms with van der Waals surface area (Å²) in [6, 6.07) is 4.66. The van der Waals surface area contributed by atoms with Gasteiger partial charge in [0.1, 0.15) is 23.9 Å². The van der Waals surface area contributed by atoms with Gasteiger partial charge in [-0.15, -0.1) is 0 Å². The molecule has 0 aliphatic rings. The van der Waals surface area contributed by atoms with Crippen LogP contribution in [-0.2, 0) is 6.61 Å². The number of halogens is 1. The summed E-state index contributed by atoms with van der Waals surface area (Å²) in [6.45, 7) is 7.24. The molecule has 7 nitrogen and oxygen atoms in total. The first-order valence-electron chi connectivity index (χ1n) is 8.82. The SMILES string of the molecule is Cc1ncc(-c2noc(C)c2COc2ccc(C(=O)NC(C)C)cn2)cc1F. The fraction of sp³-hybridized carbons (Fsp3) is 0.300. The maximum absolute atomic E-state index is 13.8. The van der Waals surface area contributed by atoms with Crippen LogP contribution in [0.4, 0.5) is 4.39 Å². The average Bonchev–Trinajstić information content (AvgIpc) is 3.02. The summed E-state index contributed by atoms with van der Waals surface area (Å²) in [7, 11) is 0. The van der Waals surface area contributed by atoms with Crippen LogP contribution < -0.4 is 10.1 Å². The van der Waals surface area contributed by atoms with Crippen molar-refractivity contribution in [3.8, 4) is 17.1 Å². The van der Waals surface area contributed by atoms with Gasteiger partial charge in [-0.2, -0.15) is 0 Å². The van der Waals surface area contributed by atoms with Gasteiger partial charge in [-0.1, -0.05) is 5.16 Å². The number of carbonyl (C=O) groups excluding carboxylic acids is 1. The highest BCUT2D eigenvalue weighted by atomic mass is 19.1. The van der Waals surface area contributed by atoms with E-state index in [1.54, 1.807) is 32.2 Å². The van der Waals surface area contributed by atoms with Crippen LogP contribution in [0.1, 0.15) is 41.2 Å². The third-order valence-electron chi connectivity index (χ3n) is 4.07. The van der Waals surface area contributed by atoms with Crippen LogP contribution in [0.3, 0.4) is 0 Å². The van der Waals surface area contributed by atoms with Gasteiger partial charge in [0.2, 0.25) is 5.88 Å². The van der Waals surface area contributed by atoms with E-state index in [4.69, 9.17) is 9.26 Å². The van der Waals surface area contributed by atoms with Gasteiger partial charge in [0.05, 0.1) is 16.8 Å². The Balaban J connectivity index is 1.74. The topological polar surface area (TPSA) is 90.1 Å².